The van der Waals surface area contributed by atoms with Crippen LogP contribution in [0.4, 0.5) is 0 Å². The fourth-order valence-corrected chi connectivity index (χ4v) is 3.27. The van der Waals surface area contributed by atoms with E-state index in [1.54, 1.807) is 0 Å². The van der Waals surface area contributed by atoms with E-state index in [0.717, 1.165) is 26.2 Å². The standard InChI is InChI=1S/C16H34N2O/c1-7-14-11-17-16(8-2,9-3)13-18(14)12-15(5,6)19-10-4/h14,17H,7-13H2,1-6H3. The van der Waals surface area contributed by atoms with Gasteiger partial charge in [0.25, 0.3) is 0 Å². The lowest BCUT2D eigenvalue weighted by atomic mass is 9.87. The van der Waals surface area contributed by atoms with Gasteiger partial charge in [0.15, 0.2) is 0 Å². The van der Waals surface area contributed by atoms with E-state index in [9.17, 15) is 0 Å². The molecule has 0 aromatic carbocycles. The highest BCUT2D eigenvalue weighted by Gasteiger charge is 2.38. The monoisotopic (exact) mass is 270 g/mol. The highest BCUT2D eigenvalue weighted by Crippen LogP contribution is 2.26. The van der Waals surface area contributed by atoms with Crippen molar-refractivity contribution >= 4 is 0 Å². The van der Waals surface area contributed by atoms with Gasteiger partial charge in [-0.25, -0.2) is 0 Å². The molecule has 1 unspecified atom stereocenters. The molecule has 0 amide bonds. The number of rotatable bonds is 7. The number of nitrogens with zero attached hydrogens (tertiary/aromatic N) is 1. The first-order chi connectivity index (χ1) is 8.92. The van der Waals surface area contributed by atoms with Gasteiger partial charge in [-0.15, -0.1) is 0 Å². The lowest BCUT2D eigenvalue weighted by Gasteiger charge is -2.49. The molecular weight excluding hydrogens is 236 g/mol. The third-order valence-electron chi connectivity index (χ3n) is 4.68. The van der Waals surface area contributed by atoms with E-state index >= 15 is 0 Å². The fourth-order valence-electron chi connectivity index (χ4n) is 3.27. The molecule has 1 atom stereocenters. The van der Waals surface area contributed by atoms with Crippen LogP contribution in [0.2, 0.25) is 0 Å². The zero-order valence-corrected chi connectivity index (χ0v) is 13.9. The van der Waals surface area contributed by atoms with Crippen molar-refractivity contribution in [2.24, 2.45) is 0 Å². The van der Waals surface area contributed by atoms with E-state index in [1.807, 2.05) is 0 Å². The molecule has 114 valence electrons. The van der Waals surface area contributed by atoms with Crippen molar-refractivity contribution in [3.8, 4) is 0 Å². The molecule has 3 nitrogen and oxygen atoms in total. The Bertz CT molecular complexity index is 261. The van der Waals surface area contributed by atoms with Gasteiger partial charge >= 0.3 is 0 Å². The van der Waals surface area contributed by atoms with E-state index < -0.39 is 0 Å². The first-order valence-corrected chi connectivity index (χ1v) is 8.05. The summed E-state index contributed by atoms with van der Waals surface area (Å²) in [6.45, 7) is 17.5. The van der Waals surface area contributed by atoms with Crippen LogP contribution in [-0.2, 0) is 4.74 Å². The first kappa shape index (κ1) is 16.9. The molecule has 1 fully saturated rings. The second kappa shape index (κ2) is 7.05. The Labute approximate surface area is 120 Å². The average Bonchev–Trinajstić information content (AvgIpc) is 2.38. The van der Waals surface area contributed by atoms with Crippen LogP contribution in [-0.4, -0.2) is 48.3 Å². The summed E-state index contributed by atoms with van der Waals surface area (Å²) in [5.74, 6) is 0. The van der Waals surface area contributed by atoms with Crippen molar-refractivity contribution in [1.82, 2.24) is 10.2 Å². The maximum absolute atomic E-state index is 5.90. The molecule has 1 rings (SSSR count). The molecule has 3 heteroatoms. The van der Waals surface area contributed by atoms with Crippen molar-refractivity contribution in [3.63, 3.8) is 0 Å². The topological polar surface area (TPSA) is 24.5 Å². The molecule has 1 aliphatic rings. The SMILES string of the molecule is CCOC(C)(C)CN1CC(CC)(CC)NCC1CC. The Morgan fingerprint density at radius 3 is 2.32 bits per heavy atom. The van der Waals surface area contributed by atoms with Crippen LogP contribution in [0.25, 0.3) is 0 Å². The summed E-state index contributed by atoms with van der Waals surface area (Å²) < 4.78 is 5.90. The number of ether oxygens (including phenoxy) is 1. The van der Waals surface area contributed by atoms with Gasteiger partial charge in [0.2, 0.25) is 0 Å². The molecule has 1 heterocycles. The minimum absolute atomic E-state index is 0.0489. The summed E-state index contributed by atoms with van der Waals surface area (Å²) in [5, 5.41) is 3.80. The molecule has 1 N–H and O–H groups in total. The number of hydrogen-bond donors (Lipinski definition) is 1. The van der Waals surface area contributed by atoms with E-state index in [-0.39, 0.29) is 5.60 Å². The quantitative estimate of drug-likeness (QED) is 0.769. The number of nitrogens with one attached hydrogen (secondary N) is 1. The van der Waals surface area contributed by atoms with Gasteiger partial charge in [-0.2, -0.15) is 0 Å². The minimum Gasteiger partial charge on any atom is -0.375 e. The van der Waals surface area contributed by atoms with Crippen molar-refractivity contribution in [1.29, 1.82) is 0 Å². The summed E-state index contributed by atoms with van der Waals surface area (Å²) in [4.78, 5) is 2.65. The predicted octanol–water partition coefficient (Wildman–Crippen LogP) is 3.04. The minimum atomic E-state index is -0.0489. The molecule has 0 aliphatic carbocycles. The maximum atomic E-state index is 5.90. The predicted molar refractivity (Wildman–Crippen MR) is 82.7 cm³/mol. The Balaban J connectivity index is 2.75. The van der Waals surface area contributed by atoms with E-state index in [1.165, 1.54) is 19.3 Å². The fraction of sp³-hybridized carbons (Fsp3) is 1.00. The maximum Gasteiger partial charge on any atom is 0.0752 e. The van der Waals surface area contributed by atoms with Crippen LogP contribution >= 0.6 is 0 Å². The van der Waals surface area contributed by atoms with Gasteiger partial charge in [-0.05, 0) is 40.0 Å². The molecule has 1 saturated heterocycles. The zero-order valence-electron chi connectivity index (χ0n) is 13.9. The third kappa shape index (κ3) is 4.44. The molecule has 1 aliphatic heterocycles. The van der Waals surface area contributed by atoms with Crippen molar-refractivity contribution in [3.05, 3.63) is 0 Å². The van der Waals surface area contributed by atoms with Crippen LogP contribution in [0.1, 0.15) is 60.8 Å². The van der Waals surface area contributed by atoms with Gasteiger partial charge < -0.3 is 10.1 Å². The Hall–Kier alpha value is -0.120. The van der Waals surface area contributed by atoms with Crippen molar-refractivity contribution in [2.75, 3.05) is 26.2 Å². The molecule has 0 spiro atoms. The smallest absolute Gasteiger partial charge is 0.0752 e. The summed E-state index contributed by atoms with van der Waals surface area (Å²) in [7, 11) is 0. The lowest BCUT2D eigenvalue weighted by molar-refractivity contribution is -0.0571. The van der Waals surface area contributed by atoms with E-state index in [2.05, 4.69) is 51.8 Å². The zero-order chi connectivity index (χ0) is 14.5. The Kier molecular flexibility index (Phi) is 6.28. The summed E-state index contributed by atoms with van der Waals surface area (Å²) in [5.41, 5.74) is 0.251. The number of piperazine rings is 1. The Morgan fingerprint density at radius 2 is 1.84 bits per heavy atom. The molecule has 19 heavy (non-hydrogen) atoms. The molecule has 0 saturated carbocycles. The van der Waals surface area contributed by atoms with Gasteiger partial charge in [0, 0.05) is 37.8 Å². The third-order valence-corrected chi connectivity index (χ3v) is 4.68. The van der Waals surface area contributed by atoms with Gasteiger partial charge in [0.1, 0.15) is 0 Å². The van der Waals surface area contributed by atoms with E-state index in [0.29, 0.717) is 11.6 Å². The average molecular weight is 270 g/mol. The summed E-state index contributed by atoms with van der Waals surface area (Å²) in [6, 6.07) is 0.644. The van der Waals surface area contributed by atoms with Crippen molar-refractivity contribution < 1.29 is 4.74 Å². The summed E-state index contributed by atoms with van der Waals surface area (Å²) >= 11 is 0. The normalized spacial score (nSPS) is 24.6. The lowest BCUT2D eigenvalue weighted by Crippen LogP contribution is -2.65. The highest BCUT2D eigenvalue weighted by atomic mass is 16.5. The Morgan fingerprint density at radius 1 is 1.21 bits per heavy atom. The largest absolute Gasteiger partial charge is 0.375 e. The number of hydrogen-bond acceptors (Lipinski definition) is 3. The molecule has 0 radical (unpaired) electrons. The van der Waals surface area contributed by atoms with Gasteiger partial charge in [0.05, 0.1) is 5.60 Å². The first-order valence-electron chi connectivity index (χ1n) is 8.05. The van der Waals surface area contributed by atoms with Crippen LogP contribution in [0.5, 0.6) is 0 Å². The van der Waals surface area contributed by atoms with Crippen LogP contribution < -0.4 is 5.32 Å². The second-order valence-corrected chi connectivity index (χ2v) is 6.53. The molecule has 0 aromatic heterocycles. The second-order valence-electron chi connectivity index (χ2n) is 6.53. The van der Waals surface area contributed by atoms with Crippen molar-refractivity contribution in [2.45, 2.75) is 78.0 Å². The highest BCUT2D eigenvalue weighted by molar-refractivity contribution is 4.97. The van der Waals surface area contributed by atoms with Crippen LogP contribution in [0.3, 0.4) is 0 Å². The van der Waals surface area contributed by atoms with E-state index in [4.69, 9.17) is 4.74 Å². The molecule has 0 aromatic rings. The van der Waals surface area contributed by atoms with Crippen LogP contribution in [0.15, 0.2) is 0 Å². The molecular formula is C16H34N2O. The molecule has 0 bridgehead atoms. The van der Waals surface area contributed by atoms with Gasteiger partial charge in [-0.1, -0.05) is 20.8 Å². The van der Waals surface area contributed by atoms with Crippen LogP contribution in [0, 0.1) is 0 Å². The van der Waals surface area contributed by atoms with Gasteiger partial charge in [-0.3, -0.25) is 4.90 Å². The summed E-state index contributed by atoms with van der Waals surface area (Å²) in [6.07, 6.45) is 3.61.